The van der Waals surface area contributed by atoms with Crippen molar-refractivity contribution in [1.82, 2.24) is 4.90 Å². The summed E-state index contributed by atoms with van der Waals surface area (Å²) in [5.74, 6) is 0. The minimum atomic E-state index is -0.546. The Bertz CT molecular complexity index is 422. The van der Waals surface area contributed by atoms with Crippen molar-refractivity contribution >= 4 is 17.2 Å². The maximum Gasteiger partial charge on any atom is 0.103 e. The van der Waals surface area contributed by atoms with E-state index in [9.17, 15) is 10.2 Å². The number of nitrogens with zero attached hydrogens (tertiary/aromatic N) is 1. The maximum absolute atomic E-state index is 10.1. The molecule has 1 aromatic carbocycles. The highest BCUT2D eigenvalue weighted by molar-refractivity contribution is 7.80. The van der Waals surface area contributed by atoms with Gasteiger partial charge in [-0.3, -0.25) is 4.90 Å². The Balaban J connectivity index is 1.96. The first-order valence-electron chi connectivity index (χ1n) is 6.04. The number of hydrogen-bond acceptors (Lipinski definition) is 4. The van der Waals surface area contributed by atoms with E-state index in [0.717, 1.165) is 24.1 Å². The SMILES string of the molecule is NC(=S)c1ccc(C(O)CN2CCC(O)C2)cc1. The molecule has 98 valence electrons. The molecule has 4 N–H and O–H groups in total. The summed E-state index contributed by atoms with van der Waals surface area (Å²) < 4.78 is 0. The Morgan fingerprint density at radius 2 is 2.11 bits per heavy atom. The molecule has 2 unspecified atom stereocenters. The zero-order chi connectivity index (χ0) is 13.1. The van der Waals surface area contributed by atoms with Gasteiger partial charge in [0.2, 0.25) is 0 Å². The van der Waals surface area contributed by atoms with Gasteiger partial charge in [0.05, 0.1) is 12.2 Å². The van der Waals surface area contributed by atoms with Gasteiger partial charge in [-0.1, -0.05) is 36.5 Å². The number of likely N-dealkylation sites (tertiary alicyclic amines) is 1. The van der Waals surface area contributed by atoms with Gasteiger partial charge < -0.3 is 15.9 Å². The summed E-state index contributed by atoms with van der Waals surface area (Å²) in [5.41, 5.74) is 7.17. The topological polar surface area (TPSA) is 69.7 Å². The molecule has 0 radical (unpaired) electrons. The predicted molar refractivity (Wildman–Crippen MR) is 74.4 cm³/mol. The average molecular weight is 266 g/mol. The maximum atomic E-state index is 10.1. The zero-order valence-electron chi connectivity index (χ0n) is 10.1. The zero-order valence-corrected chi connectivity index (χ0v) is 10.9. The first kappa shape index (κ1) is 13.4. The van der Waals surface area contributed by atoms with Crippen LogP contribution in [0.4, 0.5) is 0 Å². The molecule has 0 aromatic heterocycles. The lowest BCUT2D eigenvalue weighted by molar-refractivity contribution is 0.113. The summed E-state index contributed by atoms with van der Waals surface area (Å²) in [6.45, 7) is 2.02. The second-order valence-electron chi connectivity index (χ2n) is 4.70. The number of nitrogens with two attached hydrogens (primary N) is 1. The van der Waals surface area contributed by atoms with Crippen LogP contribution >= 0.6 is 12.2 Å². The van der Waals surface area contributed by atoms with Gasteiger partial charge in [0, 0.05) is 25.2 Å². The molecule has 1 aromatic rings. The van der Waals surface area contributed by atoms with Gasteiger partial charge in [-0.05, 0) is 12.0 Å². The minimum absolute atomic E-state index is 0.255. The third kappa shape index (κ3) is 3.26. The molecule has 1 aliphatic heterocycles. The van der Waals surface area contributed by atoms with E-state index in [2.05, 4.69) is 4.90 Å². The third-order valence-corrected chi connectivity index (χ3v) is 3.49. The molecule has 0 amide bonds. The largest absolute Gasteiger partial charge is 0.392 e. The minimum Gasteiger partial charge on any atom is -0.392 e. The second-order valence-corrected chi connectivity index (χ2v) is 5.14. The summed E-state index contributed by atoms with van der Waals surface area (Å²) >= 11 is 4.88. The summed E-state index contributed by atoms with van der Waals surface area (Å²) in [6, 6.07) is 7.32. The van der Waals surface area contributed by atoms with Crippen molar-refractivity contribution in [3.05, 3.63) is 35.4 Å². The van der Waals surface area contributed by atoms with E-state index in [1.165, 1.54) is 0 Å². The van der Waals surface area contributed by atoms with Gasteiger partial charge in [0.1, 0.15) is 4.99 Å². The highest BCUT2D eigenvalue weighted by atomic mass is 32.1. The van der Waals surface area contributed by atoms with Crippen LogP contribution in [0.3, 0.4) is 0 Å². The first-order valence-corrected chi connectivity index (χ1v) is 6.45. The van der Waals surface area contributed by atoms with Crippen molar-refractivity contribution in [2.24, 2.45) is 5.73 Å². The average Bonchev–Trinajstić information content (AvgIpc) is 2.75. The van der Waals surface area contributed by atoms with E-state index in [4.69, 9.17) is 18.0 Å². The fourth-order valence-corrected chi connectivity index (χ4v) is 2.33. The number of rotatable bonds is 4. The fraction of sp³-hybridized carbons (Fsp3) is 0.462. The normalized spacial score (nSPS) is 22.0. The molecule has 4 nitrogen and oxygen atoms in total. The third-order valence-electron chi connectivity index (χ3n) is 3.26. The smallest absolute Gasteiger partial charge is 0.103 e. The lowest BCUT2D eigenvalue weighted by atomic mass is 10.1. The highest BCUT2D eigenvalue weighted by Crippen LogP contribution is 2.18. The summed E-state index contributed by atoms with van der Waals surface area (Å²) in [7, 11) is 0. The van der Waals surface area contributed by atoms with Gasteiger partial charge in [-0.25, -0.2) is 0 Å². The van der Waals surface area contributed by atoms with E-state index in [-0.39, 0.29) is 6.10 Å². The molecule has 2 rings (SSSR count). The summed E-state index contributed by atoms with van der Waals surface area (Å²) in [6.07, 6.45) is -0.0162. The highest BCUT2D eigenvalue weighted by Gasteiger charge is 2.22. The van der Waals surface area contributed by atoms with Crippen molar-refractivity contribution in [2.75, 3.05) is 19.6 Å². The van der Waals surface area contributed by atoms with Crippen LogP contribution in [-0.2, 0) is 0 Å². The van der Waals surface area contributed by atoms with Crippen LogP contribution in [0.2, 0.25) is 0 Å². The number of β-amino-alcohol motifs (C(OH)–C–C–N with tert-alkyl or cyclic N) is 2. The monoisotopic (exact) mass is 266 g/mol. The van der Waals surface area contributed by atoms with E-state index in [1.807, 2.05) is 24.3 Å². The number of benzene rings is 1. The molecular formula is C13H18N2O2S. The Labute approximate surface area is 112 Å². The van der Waals surface area contributed by atoms with Gasteiger partial charge in [0.15, 0.2) is 0 Å². The van der Waals surface area contributed by atoms with Crippen LogP contribution < -0.4 is 5.73 Å². The molecule has 1 fully saturated rings. The van der Waals surface area contributed by atoms with Gasteiger partial charge in [-0.15, -0.1) is 0 Å². The molecule has 0 spiro atoms. The Hall–Kier alpha value is -1.01. The number of aliphatic hydroxyl groups excluding tert-OH is 2. The van der Waals surface area contributed by atoms with Crippen molar-refractivity contribution < 1.29 is 10.2 Å². The van der Waals surface area contributed by atoms with Crippen LogP contribution in [0.1, 0.15) is 23.7 Å². The summed E-state index contributed by atoms with van der Waals surface area (Å²) in [4.78, 5) is 2.43. The van der Waals surface area contributed by atoms with Gasteiger partial charge in [-0.2, -0.15) is 0 Å². The molecule has 1 heterocycles. The Morgan fingerprint density at radius 1 is 1.44 bits per heavy atom. The molecular weight excluding hydrogens is 248 g/mol. The Kier molecular flexibility index (Phi) is 4.29. The van der Waals surface area contributed by atoms with Crippen LogP contribution in [-0.4, -0.2) is 45.8 Å². The Morgan fingerprint density at radius 3 is 2.61 bits per heavy atom. The molecule has 18 heavy (non-hydrogen) atoms. The predicted octanol–water partition coefficient (Wildman–Crippen LogP) is 0.421. The number of aliphatic hydroxyl groups is 2. The molecule has 1 saturated heterocycles. The fourth-order valence-electron chi connectivity index (χ4n) is 2.20. The molecule has 0 bridgehead atoms. The molecule has 2 atom stereocenters. The lowest BCUT2D eigenvalue weighted by Crippen LogP contribution is -2.27. The van der Waals surface area contributed by atoms with E-state index in [0.29, 0.717) is 18.1 Å². The molecule has 1 aliphatic rings. The standard InChI is InChI=1S/C13H18N2O2S/c14-13(18)10-3-1-9(2-4-10)12(17)8-15-6-5-11(16)7-15/h1-4,11-12,16-17H,5-8H2,(H2,14,18). The number of hydrogen-bond donors (Lipinski definition) is 3. The summed E-state index contributed by atoms with van der Waals surface area (Å²) in [5, 5.41) is 19.5. The van der Waals surface area contributed by atoms with E-state index < -0.39 is 6.10 Å². The van der Waals surface area contributed by atoms with Crippen molar-refractivity contribution in [3.63, 3.8) is 0 Å². The quantitative estimate of drug-likeness (QED) is 0.689. The van der Waals surface area contributed by atoms with Crippen molar-refractivity contribution in [1.29, 1.82) is 0 Å². The van der Waals surface area contributed by atoms with Crippen molar-refractivity contribution in [3.8, 4) is 0 Å². The molecule has 0 aliphatic carbocycles. The van der Waals surface area contributed by atoms with Crippen LogP contribution in [0, 0.1) is 0 Å². The van der Waals surface area contributed by atoms with E-state index >= 15 is 0 Å². The van der Waals surface area contributed by atoms with E-state index in [1.54, 1.807) is 0 Å². The van der Waals surface area contributed by atoms with Gasteiger partial charge in [0.25, 0.3) is 0 Å². The van der Waals surface area contributed by atoms with Crippen LogP contribution in [0.25, 0.3) is 0 Å². The van der Waals surface area contributed by atoms with Crippen LogP contribution in [0.5, 0.6) is 0 Å². The molecule has 5 heteroatoms. The first-order chi connectivity index (χ1) is 8.56. The molecule has 0 saturated carbocycles. The second kappa shape index (κ2) is 5.75. The van der Waals surface area contributed by atoms with Crippen LogP contribution in [0.15, 0.2) is 24.3 Å². The lowest BCUT2D eigenvalue weighted by Gasteiger charge is -2.19. The van der Waals surface area contributed by atoms with Crippen molar-refractivity contribution in [2.45, 2.75) is 18.6 Å². The number of thiocarbonyl (C=S) groups is 1. The van der Waals surface area contributed by atoms with Gasteiger partial charge >= 0.3 is 0 Å².